The molecule has 12 heteroatoms. The molecule has 3 aliphatic rings. The molecule has 3 aromatic carbocycles. The third-order valence-electron chi connectivity index (χ3n) is 11.8. The summed E-state index contributed by atoms with van der Waals surface area (Å²) >= 11 is 0. The number of likely N-dealkylation sites (tertiary alicyclic amines) is 2. The van der Waals surface area contributed by atoms with E-state index in [0.717, 1.165) is 53.5 Å². The highest BCUT2D eigenvalue weighted by Crippen LogP contribution is 2.24. The Labute approximate surface area is 334 Å². The first-order valence-electron chi connectivity index (χ1n) is 20.6. The van der Waals surface area contributed by atoms with Gasteiger partial charge in [-0.05, 0) is 68.0 Å². The molecule has 7 rings (SSSR count). The van der Waals surface area contributed by atoms with Crippen molar-refractivity contribution in [3.05, 3.63) is 108 Å². The summed E-state index contributed by atoms with van der Waals surface area (Å²) in [6, 6.07) is 24.7. The zero-order valence-electron chi connectivity index (χ0n) is 32.6. The number of H-pyrrole nitrogens is 1. The Hall–Kier alpha value is -5.49. The number of aromatic amines is 1. The Morgan fingerprint density at radius 1 is 0.649 bits per heavy atom. The van der Waals surface area contributed by atoms with Crippen LogP contribution in [0.1, 0.15) is 61.6 Å². The molecule has 300 valence electrons. The van der Waals surface area contributed by atoms with E-state index in [0.29, 0.717) is 25.6 Å². The summed E-state index contributed by atoms with van der Waals surface area (Å²) in [6.07, 6.45) is 7.66. The van der Waals surface area contributed by atoms with Gasteiger partial charge in [-0.1, -0.05) is 85.3 Å². The number of rotatable bonds is 9. The van der Waals surface area contributed by atoms with Crippen LogP contribution in [0, 0.1) is 5.92 Å². The average Bonchev–Trinajstić information content (AvgIpc) is 3.65. The minimum Gasteiger partial charge on any atom is -0.361 e. The number of para-hydroxylation sites is 1. The van der Waals surface area contributed by atoms with Crippen LogP contribution in [0.3, 0.4) is 0 Å². The SMILES string of the molecule is O=C1CC(CC(=O)N2CCC(N3CCCCC3)CC2)C(=O)NC[C@@H](Cc2ccccc2)NC(=O)C(Cc2ccccc2)NC(=O)C(Cc2c[nH]c3ccccc23)N1. The molecule has 0 bridgehead atoms. The molecule has 5 amide bonds. The number of carbonyl (C=O) groups is 5. The number of amides is 5. The second-order valence-corrected chi connectivity index (χ2v) is 15.9. The summed E-state index contributed by atoms with van der Waals surface area (Å²) in [7, 11) is 0. The normalized spacial score (nSPS) is 23.5. The van der Waals surface area contributed by atoms with Crippen LogP contribution in [0.15, 0.2) is 91.1 Å². The number of fused-ring (bicyclic) bond motifs is 1. The van der Waals surface area contributed by atoms with Crippen LogP contribution in [0.5, 0.6) is 0 Å². The van der Waals surface area contributed by atoms with E-state index in [1.165, 1.54) is 19.3 Å². The van der Waals surface area contributed by atoms with Gasteiger partial charge in [0.1, 0.15) is 12.1 Å². The molecule has 0 saturated carbocycles. The first kappa shape index (κ1) is 39.7. The fourth-order valence-corrected chi connectivity index (χ4v) is 8.64. The van der Waals surface area contributed by atoms with Gasteiger partial charge in [-0.2, -0.15) is 0 Å². The smallest absolute Gasteiger partial charge is 0.243 e. The maximum Gasteiger partial charge on any atom is 0.243 e. The van der Waals surface area contributed by atoms with Crippen LogP contribution in [0.4, 0.5) is 0 Å². The van der Waals surface area contributed by atoms with E-state index in [1.807, 2.05) is 96.0 Å². The van der Waals surface area contributed by atoms with E-state index in [9.17, 15) is 24.0 Å². The molecular weight excluding hydrogens is 719 g/mol. The van der Waals surface area contributed by atoms with Crippen LogP contribution < -0.4 is 21.3 Å². The van der Waals surface area contributed by atoms with Crippen LogP contribution in [0.2, 0.25) is 0 Å². The van der Waals surface area contributed by atoms with Gasteiger partial charge in [-0.3, -0.25) is 24.0 Å². The van der Waals surface area contributed by atoms with Gasteiger partial charge >= 0.3 is 0 Å². The monoisotopic (exact) mass is 773 g/mol. The number of nitrogens with zero attached hydrogens (tertiary/aromatic N) is 2. The average molecular weight is 774 g/mol. The van der Waals surface area contributed by atoms with Crippen molar-refractivity contribution in [2.75, 3.05) is 32.7 Å². The number of benzene rings is 3. The van der Waals surface area contributed by atoms with Gasteiger partial charge in [0.25, 0.3) is 0 Å². The van der Waals surface area contributed by atoms with Crippen molar-refractivity contribution in [2.24, 2.45) is 5.92 Å². The summed E-state index contributed by atoms with van der Waals surface area (Å²) in [4.78, 5) is 78.1. The summed E-state index contributed by atoms with van der Waals surface area (Å²) in [5.74, 6) is -3.02. The third-order valence-corrected chi connectivity index (χ3v) is 11.8. The Bertz CT molecular complexity index is 1990. The fraction of sp³-hybridized carbons (Fsp3) is 0.444. The Morgan fingerprint density at radius 2 is 1.28 bits per heavy atom. The van der Waals surface area contributed by atoms with Gasteiger partial charge in [-0.25, -0.2) is 0 Å². The number of hydrogen-bond donors (Lipinski definition) is 5. The molecule has 4 atom stereocenters. The molecule has 0 spiro atoms. The molecule has 0 aliphatic carbocycles. The van der Waals surface area contributed by atoms with Crippen LogP contribution >= 0.6 is 0 Å². The molecule has 3 saturated heterocycles. The molecule has 4 heterocycles. The summed E-state index contributed by atoms with van der Waals surface area (Å²) in [5.41, 5.74) is 3.52. The molecule has 3 unspecified atom stereocenters. The summed E-state index contributed by atoms with van der Waals surface area (Å²) in [5, 5.41) is 12.9. The second kappa shape index (κ2) is 19.1. The van der Waals surface area contributed by atoms with Crippen LogP contribution in [-0.4, -0.2) is 101 Å². The minimum absolute atomic E-state index is 0.0716. The van der Waals surface area contributed by atoms with Gasteiger partial charge in [-0.15, -0.1) is 0 Å². The molecule has 4 aromatic rings. The van der Waals surface area contributed by atoms with E-state index in [2.05, 4.69) is 31.2 Å². The number of carbonyl (C=O) groups excluding carboxylic acids is 5. The van der Waals surface area contributed by atoms with Crippen molar-refractivity contribution in [3.8, 4) is 0 Å². The number of nitrogens with one attached hydrogen (secondary N) is 5. The lowest BCUT2D eigenvalue weighted by molar-refractivity contribution is -0.139. The maximum absolute atomic E-state index is 14.3. The van der Waals surface area contributed by atoms with Crippen molar-refractivity contribution in [2.45, 2.75) is 88.4 Å². The van der Waals surface area contributed by atoms with Crippen molar-refractivity contribution >= 4 is 40.4 Å². The molecule has 0 radical (unpaired) electrons. The quantitative estimate of drug-likeness (QED) is 0.175. The van der Waals surface area contributed by atoms with Crippen LogP contribution in [-0.2, 0) is 43.2 Å². The molecule has 5 N–H and O–H groups in total. The van der Waals surface area contributed by atoms with Crippen molar-refractivity contribution in [1.29, 1.82) is 0 Å². The van der Waals surface area contributed by atoms with E-state index in [4.69, 9.17) is 0 Å². The lowest BCUT2D eigenvalue weighted by Gasteiger charge is -2.40. The van der Waals surface area contributed by atoms with Crippen molar-refractivity contribution in [3.63, 3.8) is 0 Å². The first-order chi connectivity index (χ1) is 27.8. The summed E-state index contributed by atoms with van der Waals surface area (Å²) in [6.45, 7) is 3.51. The first-order valence-corrected chi connectivity index (χ1v) is 20.6. The standard InChI is InChI=1S/C45H55N7O5/c53-41-27-33(28-42(54)52-22-18-36(19-23-52)51-20-10-3-11-21-51)43(55)47-30-35(24-31-12-4-1-5-13-31)48-44(56)39(25-32-14-6-2-7-15-32)50-45(57)40(49-41)26-34-29-46-38-17-9-8-16-37(34)38/h1-2,4-9,12-17,29,33,35-36,39-40,46H,3,10-11,18-28,30H2,(H,47,55)(H,48,56)(H,49,53)(H,50,57)/t33?,35-,39?,40?/m1/s1. The highest BCUT2D eigenvalue weighted by molar-refractivity contribution is 5.95. The third kappa shape index (κ3) is 10.7. The number of hydrogen-bond acceptors (Lipinski definition) is 6. The van der Waals surface area contributed by atoms with E-state index >= 15 is 0 Å². The molecule has 12 nitrogen and oxygen atoms in total. The highest BCUT2D eigenvalue weighted by Gasteiger charge is 2.34. The number of aromatic nitrogens is 1. The topological polar surface area (TPSA) is 156 Å². The molecule has 3 fully saturated rings. The Balaban J connectivity index is 1.14. The van der Waals surface area contributed by atoms with Gasteiger partial charge in [0.15, 0.2) is 0 Å². The van der Waals surface area contributed by atoms with E-state index < -0.39 is 47.7 Å². The minimum atomic E-state index is -1.07. The van der Waals surface area contributed by atoms with Crippen molar-refractivity contribution in [1.82, 2.24) is 36.1 Å². The lowest BCUT2D eigenvalue weighted by atomic mass is 9.95. The van der Waals surface area contributed by atoms with E-state index in [1.54, 1.807) is 0 Å². The predicted octanol–water partition coefficient (Wildman–Crippen LogP) is 3.65. The predicted molar refractivity (Wildman–Crippen MR) is 219 cm³/mol. The van der Waals surface area contributed by atoms with Gasteiger partial charge < -0.3 is 36.1 Å². The Morgan fingerprint density at radius 3 is 2.00 bits per heavy atom. The summed E-state index contributed by atoms with van der Waals surface area (Å²) < 4.78 is 0. The second-order valence-electron chi connectivity index (χ2n) is 15.9. The zero-order chi connectivity index (χ0) is 39.6. The van der Waals surface area contributed by atoms with Gasteiger partial charge in [0.05, 0.1) is 12.0 Å². The largest absolute Gasteiger partial charge is 0.361 e. The molecule has 3 aliphatic heterocycles. The van der Waals surface area contributed by atoms with E-state index in [-0.39, 0.29) is 38.1 Å². The molecule has 1 aromatic heterocycles. The number of piperidine rings is 2. The lowest BCUT2D eigenvalue weighted by Crippen LogP contribution is -2.58. The van der Waals surface area contributed by atoms with Gasteiger partial charge in [0, 0.05) is 68.5 Å². The van der Waals surface area contributed by atoms with Gasteiger partial charge in [0.2, 0.25) is 29.5 Å². The molecule has 57 heavy (non-hydrogen) atoms. The highest BCUT2D eigenvalue weighted by atomic mass is 16.2. The fourth-order valence-electron chi connectivity index (χ4n) is 8.64. The molecular formula is C45H55N7O5. The van der Waals surface area contributed by atoms with Crippen LogP contribution in [0.25, 0.3) is 10.9 Å². The maximum atomic E-state index is 14.3. The Kier molecular flexibility index (Phi) is 13.3. The zero-order valence-corrected chi connectivity index (χ0v) is 32.6. The van der Waals surface area contributed by atoms with Crippen molar-refractivity contribution < 1.29 is 24.0 Å².